The fraction of sp³-hybridized carbons (Fsp3) is 0.550. The van der Waals surface area contributed by atoms with Crippen molar-refractivity contribution in [1.82, 2.24) is 21.3 Å². The number of hydrogen-bond donors (Lipinski definition) is 5. The quantitative estimate of drug-likeness (QED) is 0.218. The van der Waals surface area contributed by atoms with Crippen molar-refractivity contribution < 1.29 is 9.59 Å². The molecule has 9 heteroatoms. The Labute approximate surface area is 191 Å². The molecule has 3 amide bonds. The predicted molar refractivity (Wildman–Crippen MR) is 130 cm³/mol. The van der Waals surface area contributed by atoms with Crippen LogP contribution in [0.2, 0.25) is 0 Å². The summed E-state index contributed by atoms with van der Waals surface area (Å²) in [5.74, 6) is 0.485. The maximum absolute atomic E-state index is 11.9. The number of halogens is 1. The summed E-state index contributed by atoms with van der Waals surface area (Å²) >= 11 is 0. The largest absolute Gasteiger partial charge is 0.357 e. The van der Waals surface area contributed by atoms with Gasteiger partial charge in [-0.15, -0.1) is 24.0 Å². The predicted octanol–water partition coefficient (Wildman–Crippen LogP) is 2.80. The molecule has 0 aliphatic carbocycles. The molecule has 5 N–H and O–H groups in total. The zero-order chi connectivity index (χ0) is 21.2. The average molecular weight is 518 g/mol. The number of anilines is 1. The third-order valence-corrected chi connectivity index (χ3v) is 3.33. The fourth-order valence-electron chi connectivity index (χ4n) is 2.26. The van der Waals surface area contributed by atoms with E-state index in [1.165, 1.54) is 0 Å². The highest BCUT2D eigenvalue weighted by atomic mass is 127. The number of aliphatic imine (C=N–C) groups is 1. The normalized spacial score (nSPS) is 11.3. The van der Waals surface area contributed by atoms with Crippen LogP contribution in [0.5, 0.6) is 0 Å². The molecule has 1 aromatic rings. The van der Waals surface area contributed by atoms with Gasteiger partial charge in [0.1, 0.15) is 0 Å². The van der Waals surface area contributed by atoms with E-state index in [1.54, 1.807) is 0 Å². The Bertz CT molecular complexity index is 669. The van der Waals surface area contributed by atoms with Crippen LogP contribution in [0.25, 0.3) is 0 Å². The van der Waals surface area contributed by atoms with Crippen molar-refractivity contribution in [3.05, 3.63) is 29.8 Å². The number of benzene rings is 1. The van der Waals surface area contributed by atoms with Crippen molar-refractivity contribution in [2.24, 2.45) is 4.99 Å². The van der Waals surface area contributed by atoms with E-state index in [9.17, 15) is 9.59 Å². The van der Waals surface area contributed by atoms with Crippen molar-refractivity contribution >= 4 is 47.6 Å². The highest BCUT2D eigenvalue weighted by Gasteiger charge is 2.13. The molecule has 1 aromatic carbocycles. The lowest BCUT2D eigenvalue weighted by molar-refractivity contribution is -0.121. The molecule has 1 rings (SSSR count). The van der Waals surface area contributed by atoms with Crippen molar-refractivity contribution in [2.45, 2.75) is 59.7 Å². The molecule has 0 saturated heterocycles. The highest BCUT2D eigenvalue weighted by molar-refractivity contribution is 14.0. The van der Waals surface area contributed by atoms with Gasteiger partial charge in [0.25, 0.3) is 0 Å². The van der Waals surface area contributed by atoms with Gasteiger partial charge in [0.05, 0.1) is 13.1 Å². The molecule has 8 nitrogen and oxygen atoms in total. The Morgan fingerprint density at radius 3 is 2.21 bits per heavy atom. The summed E-state index contributed by atoms with van der Waals surface area (Å²) in [6.07, 6.45) is 0. The molecule has 0 fully saturated rings. The second kappa shape index (κ2) is 13.2. The molecule has 0 aliphatic heterocycles. The number of rotatable bonds is 7. The third kappa shape index (κ3) is 12.9. The Morgan fingerprint density at radius 2 is 1.69 bits per heavy atom. The molecule has 0 unspecified atom stereocenters. The van der Waals surface area contributed by atoms with Gasteiger partial charge in [-0.1, -0.05) is 12.1 Å². The number of hydrogen-bond acceptors (Lipinski definition) is 3. The number of carbonyl (C=O) groups is 2. The average Bonchev–Trinajstić information content (AvgIpc) is 2.56. The standard InChI is InChI=1S/C20H34N6O2.HI/c1-7-21-18(23-13-17(27)26-20(4,5)6)22-12-15-8-10-16(11-9-15)25-19(28)24-14(2)3;/h8-11,14H,7,12-13H2,1-6H3,(H,26,27)(H2,21,22,23)(H2,24,25,28);1H. The number of carbonyl (C=O) groups excluding carboxylic acids is 2. The van der Waals surface area contributed by atoms with E-state index in [-0.39, 0.29) is 54.0 Å². The summed E-state index contributed by atoms with van der Waals surface area (Å²) in [6.45, 7) is 12.9. The van der Waals surface area contributed by atoms with E-state index >= 15 is 0 Å². The van der Waals surface area contributed by atoms with Crippen LogP contribution in [0, 0.1) is 0 Å². The summed E-state index contributed by atoms with van der Waals surface area (Å²) in [5.41, 5.74) is 1.44. The van der Waals surface area contributed by atoms with Crippen LogP contribution in [0.1, 0.15) is 47.1 Å². The van der Waals surface area contributed by atoms with Gasteiger partial charge in [-0.3, -0.25) is 4.79 Å². The van der Waals surface area contributed by atoms with Crippen LogP contribution in [0.15, 0.2) is 29.3 Å². The van der Waals surface area contributed by atoms with Crippen molar-refractivity contribution in [2.75, 3.05) is 18.4 Å². The lowest BCUT2D eigenvalue weighted by Gasteiger charge is -2.21. The summed E-state index contributed by atoms with van der Waals surface area (Å²) in [5, 5.41) is 14.6. The second-order valence-electron chi connectivity index (χ2n) is 7.80. The first-order chi connectivity index (χ1) is 13.1. The molecule has 0 aliphatic rings. The maximum Gasteiger partial charge on any atom is 0.319 e. The second-order valence-corrected chi connectivity index (χ2v) is 7.80. The van der Waals surface area contributed by atoms with Crippen LogP contribution in [0.4, 0.5) is 10.5 Å². The topological polar surface area (TPSA) is 107 Å². The number of amides is 3. The van der Waals surface area contributed by atoms with E-state index < -0.39 is 0 Å². The third-order valence-electron chi connectivity index (χ3n) is 3.33. The van der Waals surface area contributed by atoms with Crippen molar-refractivity contribution in [3.63, 3.8) is 0 Å². The molecule has 164 valence electrons. The molecule has 0 aromatic heterocycles. The summed E-state index contributed by atoms with van der Waals surface area (Å²) in [7, 11) is 0. The first kappa shape index (κ1) is 27.0. The van der Waals surface area contributed by atoms with E-state index in [1.807, 2.05) is 65.8 Å². The molecule has 0 spiro atoms. The van der Waals surface area contributed by atoms with Crippen molar-refractivity contribution in [3.8, 4) is 0 Å². The van der Waals surface area contributed by atoms with Gasteiger partial charge in [0.15, 0.2) is 5.96 Å². The molecule has 0 atom stereocenters. The van der Waals surface area contributed by atoms with E-state index in [0.29, 0.717) is 19.0 Å². The Hall–Kier alpha value is -2.04. The SMILES string of the molecule is CCNC(=NCc1ccc(NC(=O)NC(C)C)cc1)NCC(=O)NC(C)(C)C.I. The molecule has 29 heavy (non-hydrogen) atoms. The lowest BCUT2D eigenvalue weighted by atomic mass is 10.1. The minimum atomic E-state index is -0.268. The zero-order valence-electron chi connectivity index (χ0n) is 18.2. The van der Waals surface area contributed by atoms with Gasteiger partial charge < -0.3 is 26.6 Å². The first-order valence-corrected chi connectivity index (χ1v) is 9.58. The van der Waals surface area contributed by atoms with E-state index in [4.69, 9.17) is 0 Å². The van der Waals surface area contributed by atoms with Crippen molar-refractivity contribution in [1.29, 1.82) is 0 Å². The number of guanidine groups is 1. The Kier molecular flexibility index (Phi) is 12.3. The summed E-state index contributed by atoms with van der Waals surface area (Å²) in [6, 6.07) is 7.34. The summed E-state index contributed by atoms with van der Waals surface area (Å²) in [4.78, 5) is 28.1. The minimum absolute atomic E-state index is 0. The van der Waals surface area contributed by atoms with Crippen LogP contribution in [-0.2, 0) is 11.3 Å². The van der Waals surface area contributed by atoms with Gasteiger partial charge in [-0.25, -0.2) is 9.79 Å². The van der Waals surface area contributed by atoms with Gasteiger partial charge in [-0.05, 0) is 59.2 Å². The van der Waals surface area contributed by atoms with Crippen LogP contribution in [-0.4, -0.2) is 42.6 Å². The van der Waals surface area contributed by atoms with Gasteiger partial charge >= 0.3 is 6.03 Å². The van der Waals surface area contributed by atoms with E-state index in [2.05, 4.69) is 31.6 Å². The zero-order valence-corrected chi connectivity index (χ0v) is 20.5. The number of nitrogens with one attached hydrogen (secondary N) is 5. The lowest BCUT2D eigenvalue weighted by Crippen LogP contribution is -2.48. The van der Waals surface area contributed by atoms with E-state index in [0.717, 1.165) is 11.3 Å². The molecule has 0 radical (unpaired) electrons. The maximum atomic E-state index is 11.9. The van der Waals surface area contributed by atoms with Gasteiger partial charge in [-0.2, -0.15) is 0 Å². The van der Waals surface area contributed by atoms with Crippen LogP contribution < -0.4 is 26.6 Å². The van der Waals surface area contributed by atoms with Crippen LogP contribution >= 0.6 is 24.0 Å². The van der Waals surface area contributed by atoms with Gasteiger partial charge in [0.2, 0.25) is 5.91 Å². The molecule has 0 heterocycles. The molecular formula is C20H35IN6O2. The molecule has 0 bridgehead atoms. The van der Waals surface area contributed by atoms with Gasteiger partial charge in [0, 0.05) is 23.8 Å². The monoisotopic (exact) mass is 518 g/mol. The Balaban J connectivity index is 0.00000784. The fourth-order valence-corrected chi connectivity index (χ4v) is 2.26. The summed E-state index contributed by atoms with van der Waals surface area (Å²) < 4.78 is 0. The smallest absolute Gasteiger partial charge is 0.319 e. The Morgan fingerprint density at radius 1 is 1.07 bits per heavy atom. The molecular weight excluding hydrogens is 483 g/mol. The number of nitrogens with zero attached hydrogens (tertiary/aromatic N) is 1. The first-order valence-electron chi connectivity index (χ1n) is 9.58. The molecule has 0 saturated carbocycles. The minimum Gasteiger partial charge on any atom is -0.357 e. The highest BCUT2D eigenvalue weighted by Crippen LogP contribution is 2.10. The van der Waals surface area contributed by atoms with Crippen LogP contribution in [0.3, 0.4) is 0 Å². The number of urea groups is 1.